The summed E-state index contributed by atoms with van der Waals surface area (Å²) in [7, 11) is -6.00. The van der Waals surface area contributed by atoms with E-state index in [-0.39, 0.29) is 0 Å². The molecular weight excluding hydrogens is 221 g/mol. The molecule has 0 amide bonds. The number of hydrogen-bond acceptors (Lipinski definition) is 0. The molecule has 0 aliphatic rings. The maximum atomic E-state index is 9.75. The quantitative estimate of drug-likeness (QED) is 0.567. The van der Waals surface area contributed by atoms with Gasteiger partial charge in [0.05, 0.1) is 5.54 Å². The summed E-state index contributed by atoms with van der Waals surface area (Å²) in [6, 6.07) is 0. The minimum absolute atomic E-state index is 0.351. The van der Waals surface area contributed by atoms with Crippen LogP contribution in [0.5, 0.6) is 0 Å². The lowest BCUT2D eigenvalue weighted by Crippen LogP contribution is -2.75. The van der Waals surface area contributed by atoms with Gasteiger partial charge in [-0.25, -0.2) is 0 Å². The second-order valence-corrected chi connectivity index (χ2v) is 4.08. The van der Waals surface area contributed by atoms with E-state index >= 15 is 0 Å². The van der Waals surface area contributed by atoms with E-state index < -0.39 is 7.25 Å². The first kappa shape index (κ1) is 18.1. The molecule has 0 aliphatic carbocycles. The Morgan fingerprint density at radius 1 is 0.938 bits per heavy atom. The van der Waals surface area contributed by atoms with Gasteiger partial charge >= 0.3 is 7.25 Å². The zero-order valence-electron chi connectivity index (χ0n) is 10.7. The Bertz CT molecular complexity index is 159. The van der Waals surface area contributed by atoms with Crippen LogP contribution in [0.15, 0.2) is 0 Å². The molecule has 0 heterocycles. The monoisotopic (exact) mass is 245 g/mol. The Kier molecular flexibility index (Phi) is 8.98. The molecule has 0 unspecified atom stereocenters. The third-order valence-electron chi connectivity index (χ3n) is 3.26. The molecule has 16 heavy (non-hydrogen) atoms. The van der Waals surface area contributed by atoms with E-state index in [9.17, 15) is 17.3 Å². The average molecular weight is 245 g/mol. The minimum Gasteiger partial charge on any atom is -0.418 e. The first-order chi connectivity index (χ1) is 7.14. The van der Waals surface area contributed by atoms with E-state index in [4.69, 9.17) is 0 Å². The summed E-state index contributed by atoms with van der Waals surface area (Å²) in [5.41, 5.74) is 4.70. The maximum absolute atomic E-state index is 9.75. The van der Waals surface area contributed by atoms with Crippen LogP contribution in [0.4, 0.5) is 17.3 Å². The van der Waals surface area contributed by atoms with Gasteiger partial charge in [-0.1, -0.05) is 27.7 Å². The van der Waals surface area contributed by atoms with E-state index in [0.29, 0.717) is 5.54 Å². The molecule has 0 atom stereocenters. The summed E-state index contributed by atoms with van der Waals surface area (Å²) in [5, 5.41) is 0. The molecule has 6 heteroatoms. The van der Waals surface area contributed by atoms with Gasteiger partial charge in [0.2, 0.25) is 0 Å². The summed E-state index contributed by atoms with van der Waals surface area (Å²) < 4.78 is 39.0. The third-order valence-corrected chi connectivity index (χ3v) is 3.26. The Balaban J connectivity index is 0. The summed E-state index contributed by atoms with van der Waals surface area (Å²) in [6.45, 7) is 9.07. The first-order valence-corrected chi connectivity index (χ1v) is 5.87. The van der Waals surface area contributed by atoms with Crippen molar-refractivity contribution >= 4 is 7.25 Å². The van der Waals surface area contributed by atoms with E-state index in [1.54, 1.807) is 0 Å². The molecule has 0 aromatic heterocycles. The van der Waals surface area contributed by atoms with Gasteiger partial charge in [0.1, 0.15) is 0 Å². The molecule has 0 aromatic carbocycles. The van der Waals surface area contributed by atoms with Crippen LogP contribution in [0.1, 0.15) is 53.4 Å². The van der Waals surface area contributed by atoms with Gasteiger partial charge in [-0.15, -0.1) is 0 Å². The summed E-state index contributed by atoms with van der Waals surface area (Å²) in [6.07, 6.45) is 5.00. The fourth-order valence-electron chi connectivity index (χ4n) is 1.98. The van der Waals surface area contributed by atoms with Crippen molar-refractivity contribution < 1.29 is 23.0 Å². The average Bonchev–Trinajstić information content (AvgIpc) is 2.16. The smallest absolute Gasteiger partial charge is 0.418 e. The van der Waals surface area contributed by atoms with Crippen LogP contribution in [0.3, 0.4) is 0 Å². The summed E-state index contributed by atoms with van der Waals surface area (Å²) >= 11 is 0. The molecule has 0 aliphatic heterocycles. The van der Waals surface area contributed by atoms with Crippen LogP contribution in [-0.4, -0.2) is 12.8 Å². The van der Waals surface area contributed by atoms with E-state index in [2.05, 4.69) is 33.4 Å². The standard InChI is InChI=1S/C10H23N.BF4/c1-5-9(6-2)10(11,7-3)8-4;2-1(3,4)5/h9H,5-8,11H2,1-4H3;/q;-1/p+1. The predicted molar refractivity (Wildman–Crippen MR) is 60.5 cm³/mol. The van der Waals surface area contributed by atoms with Crippen molar-refractivity contribution in [2.45, 2.75) is 58.9 Å². The zero-order chi connectivity index (χ0) is 13.4. The molecule has 3 N–H and O–H groups in total. The van der Waals surface area contributed by atoms with Crippen molar-refractivity contribution in [2.24, 2.45) is 5.92 Å². The molecule has 0 spiro atoms. The zero-order valence-corrected chi connectivity index (χ0v) is 10.7. The Hall–Kier alpha value is -0.255. The van der Waals surface area contributed by atoms with Gasteiger partial charge in [0.25, 0.3) is 0 Å². The van der Waals surface area contributed by atoms with Crippen LogP contribution in [0, 0.1) is 5.92 Å². The molecule has 0 saturated heterocycles. The van der Waals surface area contributed by atoms with E-state index in [0.717, 1.165) is 5.92 Å². The van der Waals surface area contributed by atoms with Gasteiger partial charge in [-0.2, -0.15) is 0 Å². The Morgan fingerprint density at radius 3 is 1.25 bits per heavy atom. The first-order valence-electron chi connectivity index (χ1n) is 5.87. The van der Waals surface area contributed by atoms with Crippen LogP contribution in [0.2, 0.25) is 0 Å². The molecule has 0 radical (unpaired) electrons. The minimum atomic E-state index is -6.00. The van der Waals surface area contributed by atoms with Crippen LogP contribution < -0.4 is 5.73 Å². The normalized spacial score (nSPS) is 12.4. The van der Waals surface area contributed by atoms with E-state index in [1.807, 2.05) is 0 Å². The lowest BCUT2D eigenvalue weighted by atomic mass is 9.77. The van der Waals surface area contributed by atoms with Crippen molar-refractivity contribution in [2.75, 3.05) is 0 Å². The highest BCUT2D eigenvalue weighted by molar-refractivity contribution is 6.50. The van der Waals surface area contributed by atoms with Crippen LogP contribution >= 0.6 is 0 Å². The van der Waals surface area contributed by atoms with Gasteiger partial charge in [0.15, 0.2) is 0 Å². The fourth-order valence-corrected chi connectivity index (χ4v) is 1.98. The molecule has 0 aromatic rings. The highest BCUT2D eigenvalue weighted by Crippen LogP contribution is 2.25. The number of hydrogen-bond donors (Lipinski definition) is 1. The number of halogens is 4. The van der Waals surface area contributed by atoms with Gasteiger partial charge in [-0.05, 0) is 25.7 Å². The Labute approximate surface area is 95.9 Å². The second kappa shape index (κ2) is 7.93. The van der Waals surface area contributed by atoms with Crippen molar-refractivity contribution in [1.82, 2.24) is 0 Å². The highest BCUT2D eigenvalue weighted by Gasteiger charge is 2.32. The largest absolute Gasteiger partial charge is 0.673 e. The molecule has 0 bridgehead atoms. The molecule has 1 nitrogen and oxygen atoms in total. The van der Waals surface area contributed by atoms with Crippen molar-refractivity contribution in [3.63, 3.8) is 0 Å². The van der Waals surface area contributed by atoms with Gasteiger partial charge in [0, 0.05) is 5.92 Å². The SMILES string of the molecule is CCC(CC)C([NH3+])(CC)CC.F[B-](F)(F)F. The third kappa shape index (κ3) is 9.01. The number of quaternary nitrogens is 1. The van der Waals surface area contributed by atoms with Crippen LogP contribution in [0.25, 0.3) is 0 Å². The summed E-state index contributed by atoms with van der Waals surface area (Å²) in [5.74, 6) is 0.817. The van der Waals surface area contributed by atoms with Crippen LogP contribution in [-0.2, 0) is 0 Å². The molecule has 0 saturated carbocycles. The van der Waals surface area contributed by atoms with Crippen molar-refractivity contribution in [1.29, 1.82) is 0 Å². The van der Waals surface area contributed by atoms with Gasteiger partial charge < -0.3 is 23.0 Å². The topological polar surface area (TPSA) is 27.6 Å². The lowest BCUT2D eigenvalue weighted by molar-refractivity contribution is -0.495. The molecular formula is C10H24BF4N. The molecule has 100 valence electrons. The molecule has 0 rings (SSSR count). The summed E-state index contributed by atoms with van der Waals surface area (Å²) in [4.78, 5) is 0. The number of rotatable bonds is 5. The molecule has 0 fully saturated rings. The Morgan fingerprint density at radius 2 is 1.19 bits per heavy atom. The van der Waals surface area contributed by atoms with E-state index in [1.165, 1.54) is 25.7 Å². The predicted octanol–water partition coefficient (Wildman–Crippen LogP) is 3.52. The lowest BCUT2D eigenvalue weighted by Gasteiger charge is -2.31. The second-order valence-electron chi connectivity index (χ2n) is 4.08. The van der Waals surface area contributed by atoms with Crippen molar-refractivity contribution in [3.05, 3.63) is 0 Å². The maximum Gasteiger partial charge on any atom is 0.673 e. The fraction of sp³-hybridized carbons (Fsp3) is 1.00. The van der Waals surface area contributed by atoms with Gasteiger partial charge in [-0.3, -0.25) is 0 Å². The van der Waals surface area contributed by atoms with Crippen molar-refractivity contribution in [3.8, 4) is 0 Å². The highest BCUT2D eigenvalue weighted by atomic mass is 19.5.